The minimum absolute atomic E-state index is 0.0743. The molecule has 2 aromatic carbocycles. The molecule has 3 amide bonds. The maximum absolute atomic E-state index is 12.4. The van der Waals surface area contributed by atoms with Crippen LogP contribution < -0.4 is 10.6 Å². The van der Waals surface area contributed by atoms with Crippen LogP contribution in [-0.4, -0.2) is 30.4 Å². The van der Waals surface area contributed by atoms with Gasteiger partial charge in [-0.05, 0) is 16.5 Å². The summed E-state index contributed by atoms with van der Waals surface area (Å²) in [6.07, 6.45) is 0.240. The van der Waals surface area contributed by atoms with Crippen molar-refractivity contribution in [2.24, 2.45) is 5.41 Å². The summed E-state index contributed by atoms with van der Waals surface area (Å²) >= 11 is 0. The van der Waals surface area contributed by atoms with Gasteiger partial charge < -0.3 is 15.5 Å². The molecule has 2 aromatic rings. The van der Waals surface area contributed by atoms with Gasteiger partial charge in [-0.1, -0.05) is 81.4 Å². The highest BCUT2D eigenvalue weighted by molar-refractivity contribution is 5.78. The fraction of sp³-hybridized carbons (Fsp3) is 0.391. The molecule has 1 unspecified atom stereocenters. The third-order valence-corrected chi connectivity index (χ3v) is 4.54. The van der Waals surface area contributed by atoms with Crippen LogP contribution in [0.15, 0.2) is 60.7 Å². The third-order valence-electron chi connectivity index (χ3n) is 4.54. The molecule has 0 aromatic heterocycles. The topological polar surface area (TPSA) is 61.4 Å². The molecular weight excluding hydrogens is 350 g/mol. The second kappa shape index (κ2) is 9.93. The van der Waals surface area contributed by atoms with Crippen molar-refractivity contribution < 1.29 is 9.59 Å². The Balaban J connectivity index is 1.81. The number of urea groups is 1. The van der Waals surface area contributed by atoms with Gasteiger partial charge in [0.2, 0.25) is 5.91 Å². The minimum atomic E-state index is -0.188. The molecule has 0 saturated carbocycles. The number of benzene rings is 2. The molecule has 0 spiro atoms. The molecule has 5 heteroatoms. The molecule has 0 aliphatic heterocycles. The number of amides is 3. The Bertz CT molecular complexity index is 754. The maximum atomic E-state index is 12.4. The highest BCUT2D eigenvalue weighted by atomic mass is 16.2. The number of hydrogen-bond donors (Lipinski definition) is 2. The first-order valence-corrected chi connectivity index (χ1v) is 9.64. The van der Waals surface area contributed by atoms with E-state index < -0.39 is 0 Å². The Hall–Kier alpha value is -2.82. The average Bonchev–Trinajstić information content (AvgIpc) is 2.66. The first kappa shape index (κ1) is 21.5. The largest absolute Gasteiger partial charge is 0.349 e. The van der Waals surface area contributed by atoms with E-state index in [1.807, 2.05) is 60.7 Å². The Morgan fingerprint density at radius 3 is 2.11 bits per heavy atom. The molecule has 1 atom stereocenters. The van der Waals surface area contributed by atoms with Crippen LogP contribution in [0.25, 0.3) is 0 Å². The van der Waals surface area contributed by atoms with E-state index in [0.717, 1.165) is 11.1 Å². The van der Waals surface area contributed by atoms with E-state index in [4.69, 9.17) is 0 Å². The number of carbonyl (C=O) groups excluding carboxylic acids is 2. The van der Waals surface area contributed by atoms with Crippen molar-refractivity contribution in [2.45, 2.75) is 39.8 Å². The lowest BCUT2D eigenvalue weighted by molar-refractivity contribution is -0.122. The summed E-state index contributed by atoms with van der Waals surface area (Å²) in [5.41, 5.74) is 2.03. The van der Waals surface area contributed by atoms with Crippen molar-refractivity contribution in [1.82, 2.24) is 15.5 Å². The van der Waals surface area contributed by atoms with Crippen LogP contribution >= 0.6 is 0 Å². The lowest BCUT2D eigenvalue weighted by Gasteiger charge is -2.32. The van der Waals surface area contributed by atoms with E-state index >= 15 is 0 Å². The van der Waals surface area contributed by atoms with E-state index in [1.165, 1.54) is 0 Å². The van der Waals surface area contributed by atoms with E-state index in [0.29, 0.717) is 13.1 Å². The number of hydrogen-bond acceptors (Lipinski definition) is 2. The second-order valence-corrected chi connectivity index (χ2v) is 8.10. The van der Waals surface area contributed by atoms with Gasteiger partial charge in [-0.2, -0.15) is 0 Å². The molecular formula is C23H31N3O2. The van der Waals surface area contributed by atoms with Crippen LogP contribution in [0.3, 0.4) is 0 Å². The summed E-state index contributed by atoms with van der Waals surface area (Å²) < 4.78 is 0. The molecule has 0 heterocycles. The summed E-state index contributed by atoms with van der Waals surface area (Å²) in [6.45, 7) is 7.14. The average molecular weight is 382 g/mol. The quantitative estimate of drug-likeness (QED) is 0.758. The van der Waals surface area contributed by atoms with Crippen molar-refractivity contribution in [3.05, 3.63) is 71.8 Å². The van der Waals surface area contributed by atoms with Crippen molar-refractivity contribution in [1.29, 1.82) is 0 Å². The first-order chi connectivity index (χ1) is 13.3. The van der Waals surface area contributed by atoms with Gasteiger partial charge in [-0.15, -0.1) is 0 Å². The van der Waals surface area contributed by atoms with Crippen LogP contribution in [0, 0.1) is 5.41 Å². The zero-order valence-electron chi connectivity index (χ0n) is 17.2. The van der Waals surface area contributed by atoms with E-state index in [-0.39, 0.29) is 29.8 Å². The molecule has 0 saturated heterocycles. The SMILES string of the molecule is CN(Cc1ccccc1)C(=O)NCCC(=O)NC(c1ccccc1)C(C)(C)C. The van der Waals surface area contributed by atoms with Crippen LogP contribution in [0.5, 0.6) is 0 Å². The van der Waals surface area contributed by atoms with Gasteiger partial charge in [-0.3, -0.25) is 4.79 Å². The predicted molar refractivity (Wildman–Crippen MR) is 113 cm³/mol. The molecule has 0 radical (unpaired) electrons. The van der Waals surface area contributed by atoms with Gasteiger partial charge in [0, 0.05) is 26.6 Å². The zero-order chi connectivity index (χ0) is 20.6. The standard InChI is InChI=1S/C23H31N3O2/c1-23(2,3)21(19-13-9-6-10-14-19)25-20(27)15-16-24-22(28)26(4)17-18-11-7-5-8-12-18/h5-14,21H,15-17H2,1-4H3,(H,24,28)(H,25,27). The second-order valence-electron chi connectivity index (χ2n) is 8.10. The lowest BCUT2D eigenvalue weighted by Crippen LogP contribution is -2.40. The molecule has 2 N–H and O–H groups in total. The fourth-order valence-electron chi connectivity index (χ4n) is 3.03. The van der Waals surface area contributed by atoms with Crippen molar-refractivity contribution >= 4 is 11.9 Å². The van der Waals surface area contributed by atoms with Gasteiger partial charge in [0.15, 0.2) is 0 Å². The Labute approximate surface area is 168 Å². The zero-order valence-corrected chi connectivity index (χ0v) is 17.2. The summed E-state index contributed by atoms with van der Waals surface area (Å²) in [5.74, 6) is -0.0743. The molecule has 28 heavy (non-hydrogen) atoms. The van der Waals surface area contributed by atoms with Crippen molar-refractivity contribution in [2.75, 3.05) is 13.6 Å². The molecule has 0 aliphatic carbocycles. The normalized spacial score (nSPS) is 12.1. The van der Waals surface area contributed by atoms with Crippen LogP contribution in [0.1, 0.15) is 44.4 Å². The monoisotopic (exact) mass is 381 g/mol. The van der Waals surface area contributed by atoms with Crippen LogP contribution in [0.2, 0.25) is 0 Å². The Morgan fingerprint density at radius 1 is 0.964 bits per heavy atom. The van der Waals surface area contributed by atoms with Crippen molar-refractivity contribution in [3.63, 3.8) is 0 Å². The first-order valence-electron chi connectivity index (χ1n) is 9.64. The van der Waals surface area contributed by atoms with Gasteiger partial charge in [-0.25, -0.2) is 4.79 Å². The van der Waals surface area contributed by atoms with E-state index in [9.17, 15) is 9.59 Å². The molecule has 0 bridgehead atoms. The fourth-order valence-corrected chi connectivity index (χ4v) is 3.03. The Morgan fingerprint density at radius 2 is 1.54 bits per heavy atom. The summed E-state index contributed by atoms with van der Waals surface area (Å²) in [4.78, 5) is 26.3. The highest BCUT2D eigenvalue weighted by Gasteiger charge is 2.27. The number of carbonyl (C=O) groups is 2. The number of nitrogens with one attached hydrogen (secondary N) is 2. The van der Waals surface area contributed by atoms with Crippen LogP contribution in [0.4, 0.5) is 4.79 Å². The predicted octanol–water partition coefficient (Wildman–Crippen LogP) is 4.12. The third kappa shape index (κ3) is 6.72. The van der Waals surface area contributed by atoms with Crippen molar-refractivity contribution in [3.8, 4) is 0 Å². The Kier molecular flexibility index (Phi) is 7.61. The summed E-state index contributed by atoms with van der Waals surface area (Å²) in [6, 6.07) is 19.5. The summed E-state index contributed by atoms with van der Waals surface area (Å²) in [5, 5.41) is 5.92. The lowest BCUT2D eigenvalue weighted by atomic mass is 9.82. The molecule has 0 fully saturated rings. The molecule has 150 valence electrons. The van der Waals surface area contributed by atoms with Gasteiger partial charge in [0.25, 0.3) is 0 Å². The molecule has 5 nitrogen and oxygen atoms in total. The smallest absolute Gasteiger partial charge is 0.317 e. The van der Waals surface area contributed by atoms with Gasteiger partial charge in [0.05, 0.1) is 6.04 Å². The van der Waals surface area contributed by atoms with Gasteiger partial charge >= 0.3 is 6.03 Å². The van der Waals surface area contributed by atoms with E-state index in [1.54, 1.807) is 11.9 Å². The van der Waals surface area contributed by atoms with E-state index in [2.05, 4.69) is 31.4 Å². The number of rotatable bonds is 7. The minimum Gasteiger partial charge on any atom is -0.349 e. The molecule has 0 aliphatic rings. The molecule has 2 rings (SSSR count). The van der Waals surface area contributed by atoms with Gasteiger partial charge in [0.1, 0.15) is 0 Å². The van der Waals surface area contributed by atoms with Crippen LogP contribution in [-0.2, 0) is 11.3 Å². The highest BCUT2D eigenvalue weighted by Crippen LogP contribution is 2.32. The summed E-state index contributed by atoms with van der Waals surface area (Å²) in [7, 11) is 1.74. The maximum Gasteiger partial charge on any atom is 0.317 e. The number of nitrogens with zero attached hydrogens (tertiary/aromatic N) is 1.